The van der Waals surface area contributed by atoms with Crippen molar-refractivity contribution in [3.05, 3.63) is 89.9 Å². The zero-order valence-electron chi connectivity index (χ0n) is 16.5. The van der Waals surface area contributed by atoms with E-state index in [2.05, 4.69) is 15.3 Å². The molecule has 0 saturated carbocycles. The van der Waals surface area contributed by atoms with Crippen molar-refractivity contribution in [2.24, 2.45) is 3.91 Å². The van der Waals surface area contributed by atoms with Gasteiger partial charge >= 0.3 is 165 Å². The van der Waals surface area contributed by atoms with Gasteiger partial charge in [-0.15, -0.1) is 0 Å². The Morgan fingerprint density at radius 2 is 1.97 bits per heavy atom. The van der Waals surface area contributed by atoms with Gasteiger partial charge in [0.1, 0.15) is 0 Å². The van der Waals surface area contributed by atoms with Crippen molar-refractivity contribution >= 4 is 45.7 Å². The molecule has 1 aromatic heterocycles. The van der Waals surface area contributed by atoms with Crippen molar-refractivity contribution in [1.82, 2.24) is 0 Å². The number of benzene rings is 3. The van der Waals surface area contributed by atoms with Gasteiger partial charge in [0.2, 0.25) is 0 Å². The number of para-hydroxylation sites is 1. The Hall–Kier alpha value is -3.14. The molecule has 0 aliphatic heterocycles. The zero-order valence-corrected chi connectivity index (χ0v) is 18.9. The molecule has 150 valence electrons. The third-order valence-electron chi connectivity index (χ3n) is 4.75. The molecule has 0 aliphatic carbocycles. The van der Waals surface area contributed by atoms with Gasteiger partial charge in [-0.1, -0.05) is 18.2 Å². The van der Waals surface area contributed by atoms with Gasteiger partial charge in [-0.3, -0.25) is 0 Å². The zero-order chi connectivity index (χ0) is 20.9. The van der Waals surface area contributed by atoms with E-state index in [1.165, 1.54) is 17.1 Å². The van der Waals surface area contributed by atoms with E-state index in [0.717, 1.165) is 38.9 Å². The summed E-state index contributed by atoms with van der Waals surface area (Å²) in [5.74, 6) is 0.570. The number of methoxy groups -OCH3 is 1. The van der Waals surface area contributed by atoms with Gasteiger partial charge in [0.05, 0.1) is 0 Å². The first-order valence-corrected chi connectivity index (χ1v) is 10.5. The fourth-order valence-corrected chi connectivity index (χ4v) is 3.74. The summed E-state index contributed by atoms with van der Waals surface area (Å²) in [6.07, 6.45) is 3.54. The van der Waals surface area contributed by atoms with Gasteiger partial charge in [0, 0.05) is 0 Å². The topological polar surface area (TPSA) is 63.8 Å². The quantitative estimate of drug-likeness (QED) is 0.341. The number of rotatable bonds is 6. The summed E-state index contributed by atoms with van der Waals surface area (Å²) in [7, 11) is 1.63. The summed E-state index contributed by atoms with van der Waals surface area (Å²) in [5, 5.41) is 4.96. The summed E-state index contributed by atoms with van der Waals surface area (Å²) in [4.78, 5) is 12.9. The van der Waals surface area contributed by atoms with Gasteiger partial charge in [-0.25, -0.2) is 0 Å². The average Bonchev–Trinajstić information content (AvgIpc) is 3.22. The van der Waals surface area contributed by atoms with Crippen molar-refractivity contribution in [1.29, 1.82) is 0 Å². The van der Waals surface area contributed by atoms with Crippen LogP contribution < -0.4 is 5.32 Å². The summed E-state index contributed by atoms with van der Waals surface area (Å²) in [6.45, 7) is 0.391. The molecule has 1 amide bonds. The van der Waals surface area contributed by atoms with Crippen LogP contribution in [0.1, 0.15) is 21.7 Å². The van der Waals surface area contributed by atoms with Crippen LogP contribution in [0.25, 0.3) is 21.9 Å². The van der Waals surface area contributed by atoms with E-state index in [-0.39, 0.29) is 5.91 Å². The Morgan fingerprint density at radius 3 is 2.73 bits per heavy atom. The number of fused-ring (bicyclic) bond motifs is 1. The third kappa shape index (κ3) is 4.38. The maximum absolute atomic E-state index is 12.9. The second-order valence-corrected chi connectivity index (χ2v) is 7.46. The average molecular weight is 460 g/mol. The first kappa shape index (κ1) is 20.1. The molecule has 3 aromatic carbocycles. The molecule has 1 heterocycles. The summed E-state index contributed by atoms with van der Waals surface area (Å²) < 4.78 is 15.0. The van der Waals surface area contributed by atoms with Gasteiger partial charge in [0.25, 0.3) is 0 Å². The van der Waals surface area contributed by atoms with Crippen LogP contribution in [-0.2, 0) is 11.3 Å². The standard InChI is InChI=1S/C24H21AsN2O3/c1-29-15-21-11-19(14-30-21)23-12-18(24(28)27-20-5-3-2-4-6-20)10-17-8-7-16(13-26-25)9-22(17)23/h2-14H,15,25H2,1H3,(H,27,28). The molecular formula is C24H21AsN2O3. The van der Waals surface area contributed by atoms with E-state index >= 15 is 0 Å². The molecular weight excluding hydrogens is 439 g/mol. The predicted molar refractivity (Wildman–Crippen MR) is 123 cm³/mol. The van der Waals surface area contributed by atoms with Crippen LogP contribution >= 0.6 is 0 Å². The molecule has 0 bridgehead atoms. The van der Waals surface area contributed by atoms with Crippen LogP contribution in [0.15, 0.2) is 81.3 Å². The molecule has 6 heteroatoms. The number of nitrogens with zero attached hydrogens (tertiary/aromatic N) is 1. The minimum absolute atomic E-state index is 0.160. The number of hydrogen-bond acceptors (Lipinski definition) is 4. The normalized spacial score (nSPS) is 11.3. The van der Waals surface area contributed by atoms with E-state index in [0.29, 0.717) is 12.2 Å². The second-order valence-electron chi connectivity index (χ2n) is 6.84. The molecule has 1 atom stereocenters. The summed E-state index contributed by atoms with van der Waals surface area (Å²) in [6, 6.07) is 21.3. The van der Waals surface area contributed by atoms with Crippen LogP contribution in [0.4, 0.5) is 5.69 Å². The maximum atomic E-state index is 12.9. The Kier molecular flexibility index (Phi) is 6.12. The molecule has 0 fully saturated rings. The van der Waals surface area contributed by atoms with E-state index < -0.39 is 0 Å². The number of nitrogens with one attached hydrogen (secondary N) is 1. The van der Waals surface area contributed by atoms with Gasteiger partial charge in [-0.2, -0.15) is 0 Å². The number of amides is 1. The molecule has 1 N–H and O–H groups in total. The van der Waals surface area contributed by atoms with Crippen LogP contribution in [0.5, 0.6) is 0 Å². The number of anilines is 1. The van der Waals surface area contributed by atoms with E-state index in [4.69, 9.17) is 9.15 Å². The van der Waals surface area contributed by atoms with Crippen molar-refractivity contribution in [3.63, 3.8) is 0 Å². The van der Waals surface area contributed by atoms with Crippen molar-refractivity contribution in [3.8, 4) is 11.1 Å². The van der Waals surface area contributed by atoms with Crippen molar-refractivity contribution < 1.29 is 13.9 Å². The van der Waals surface area contributed by atoms with E-state index in [1.807, 2.05) is 66.9 Å². The van der Waals surface area contributed by atoms with Gasteiger partial charge < -0.3 is 0 Å². The number of furan rings is 1. The summed E-state index contributed by atoms with van der Waals surface area (Å²) >= 11 is 1.30. The minimum atomic E-state index is -0.160. The summed E-state index contributed by atoms with van der Waals surface area (Å²) in [5.41, 5.74) is 4.17. The number of hydrogen-bond donors (Lipinski definition) is 1. The number of carbonyl (C=O) groups excluding carboxylic acids is 1. The molecule has 0 spiro atoms. The molecule has 1 unspecified atom stereocenters. The first-order valence-electron chi connectivity index (χ1n) is 9.42. The van der Waals surface area contributed by atoms with Crippen LogP contribution in [0, 0.1) is 0 Å². The molecule has 0 radical (unpaired) electrons. The molecule has 0 aliphatic rings. The molecule has 4 aromatic rings. The van der Waals surface area contributed by atoms with Gasteiger partial charge in [0.15, 0.2) is 0 Å². The Bertz CT molecular complexity index is 1220. The second kappa shape index (κ2) is 9.12. The van der Waals surface area contributed by atoms with Crippen LogP contribution in [0.2, 0.25) is 0 Å². The van der Waals surface area contributed by atoms with E-state index in [1.54, 1.807) is 13.4 Å². The fraction of sp³-hybridized carbons (Fsp3) is 0.0833. The number of carbonyl (C=O) groups is 1. The Balaban J connectivity index is 1.82. The van der Waals surface area contributed by atoms with Crippen LogP contribution in [-0.4, -0.2) is 36.3 Å². The third-order valence-corrected chi connectivity index (χ3v) is 5.06. The van der Waals surface area contributed by atoms with Gasteiger partial charge in [-0.05, 0) is 0 Å². The first-order chi connectivity index (χ1) is 14.7. The molecule has 5 nitrogen and oxygen atoms in total. The monoisotopic (exact) mass is 460 g/mol. The van der Waals surface area contributed by atoms with Crippen molar-refractivity contribution in [2.45, 2.75) is 6.61 Å². The van der Waals surface area contributed by atoms with Crippen molar-refractivity contribution in [2.75, 3.05) is 12.4 Å². The van der Waals surface area contributed by atoms with Crippen LogP contribution in [0.3, 0.4) is 0 Å². The predicted octanol–water partition coefficient (Wildman–Crippen LogP) is 4.47. The Labute approximate surface area is 183 Å². The Morgan fingerprint density at radius 1 is 1.13 bits per heavy atom. The fourth-order valence-electron chi connectivity index (χ4n) is 3.38. The number of ether oxygens (including phenoxy) is 1. The molecule has 0 saturated heterocycles. The molecule has 30 heavy (non-hydrogen) atoms. The molecule has 4 rings (SSSR count). The van der Waals surface area contributed by atoms with E-state index in [9.17, 15) is 4.79 Å². The SMILES string of the molecule is COCc1cc(-c2cc(C(=O)Nc3ccccc3)cc3ccc(C=N[AsH2])cc23)co1.